The molecule has 2 N–H and O–H groups in total. The van der Waals surface area contributed by atoms with Crippen LogP contribution in [0.25, 0.3) is 0 Å². The molecule has 0 fully saturated rings. The van der Waals surface area contributed by atoms with Crippen LogP contribution < -0.4 is 10.6 Å². The number of hydrogen-bond donors (Lipinski definition) is 2. The molecule has 2 nitrogen and oxygen atoms in total. The van der Waals surface area contributed by atoms with E-state index in [1.54, 1.807) is 0 Å². The Labute approximate surface area is 87.2 Å². The quantitative estimate of drug-likeness (QED) is 0.534. The lowest BCUT2D eigenvalue weighted by molar-refractivity contribution is -0.126. The third-order valence-corrected chi connectivity index (χ3v) is 1.48. The zero-order chi connectivity index (χ0) is 12.8. The summed E-state index contributed by atoms with van der Waals surface area (Å²) in [4.78, 5) is 0. The second kappa shape index (κ2) is 6.24. The van der Waals surface area contributed by atoms with E-state index in [1.807, 2.05) is 10.6 Å². The minimum Gasteiger partial charge on any atom is -0.310 e. The summed E-state index contributed by atoms with van der Waals surface area (Å²) in [6, 6.07) is 0. The first-order valence-corrected chi connectivity index (χ1v) is 4.29. The predicted molar refractivity (Wildman–Crippen MR) is 42.7 cm³/mol. The van der Waals surface area contributed by atoms with Crippen molar-refractivity contribution in [1.82, 2.24) is 10.6 Å². The summed E-state index contributed by atoms with van der Waals surface area (Å²) in [6.45, 7) is -3.00. The van der Waals surface area contributed by atoms with Crippen LogP contribution in [0.2, 0.25) is 0 Å². The number of rotatable bonds is 7. The van der Waals surface area contributed by atoms with Crippen LogP contribution in [0.4, 0.5) is 30.7 Å². The molecular weight excluding hydrogens is 245 g/mol. The molecule has 98 valence electrons. The molecule has 0 aromatic carbocycles. The van der Waals surface area contributed by atoms with Crippen LogP contribution in [0, 0.1) is 0 Å². The lowest BCUT2D eigenvalue weighted by atomic mass is 10.3. The Kier molecular flexibility index (Phi) is 6.01. The van der Waals surface area contributed by atoms with Gasteiger partial charge in [-0.1, -0.05) is 0 Å². The fourth-order valence-corrected chi connectivity index (χ4v) is 0.739. The van der Waals surface area contributed by atoms with Crippen LogP contribution in [0.5, 0.6) is 0 Å². The molecule has 0 aromatic heterocycles. The van der Waals surface area contributed by atoms with E-state index in [0.717, 1.165) is 0 Å². The largest absolute Gasteiger partial charge is 0.401 e. The number of halogens is 7. The van der Waals surface area contributed by atoms with E-state index in [0.29, 0.717) is 0 Å². The molecule has 0 saturated heterocycles. The molecular formula is C7H11F7N2. The molecule has 16 heavy (non-hydrogen) atoms. The summed E-state index contributed by atoms with van der Waals surface area (Å²) in [6.07, 6.45) is -8.17. The summed E-state index contributed by atoms with van der Waals surface area (Å²) in [5, 5.41) is 3.85. The lowest BCUT2D eigenvalue weighted by Crippen LogP contribution is -2.42. The van der Waals surface area contributed by atoms with Crippen molar-refractivity contribution in [2.75, 3.05) is 26.2 Å². The third-order valence-electron chi connectivity index (χ3n) is 1.48. The summed E-state index contributed by atoms with van der Waals surface area (Å²) in [5.41, 5.74) is 0. The molecule has 0 spiro atoms. The van der Waals surface area contributed by atoms with Crippen molar-refractivity contribution in [3.05, 3.63) is 0 Å². The molecule has 0 aliphatic rings. The van der Waals surface area contributed by atoms with E-state index >= 15 is 0 Å². The molecule has 0 saturated carbocycles. The van der Waals surface area contributed by atoms with Crippen LogP contribution in [0.15, 0.2) is 0 Å². The fourth-order valence-electron chi connectivity index (χ4n) is 0.739. The first kappa shape index (κ1) is 15.4. The first-order valence-electron chi connectivity index (χ1n) is 4.29. The second-order valence-corrected chi connectivity index (χ2v) is 3.03. The van der Waals surface area contributed by atoms with Gasteiger partial charge in [0.2, 0.25) is 0 Å². The normalized spacial score (nSPS) is 13.5. The van der Waals surface area contributed by atoms with Crippen molar-refractivity contribution in [2.45, 2.75) is 18.5 Å². The average Bonchev–Trinajstić information content (AvgIpc) is 2.09. The monoisotopic (exact) mass is 256 g/mol. The van der Waals surface area contributed by atoms with Crippen molar-refractivity contribution in [3.63, 3.8) is 0 Å². The fraction of sp³-hybridized carbons (Fsp3) is 1.00. The topological polar surface area (TPSA) is 24.1 Å². The molecule has 0 amide bonds. The number of hydrogen-bond acceptors (Lipinski definition) is 2. The Morgan fingerprint density at radius 2 is 1.25 bits per heavy atom. The molecule has 0 rings (SSSR count). The molecule has 0 atom stereocenters. The van der Waals surface area contributed by atoms with Gasteiger partial charge in [-0.05, 0) is 0 Å². The van der Waals surface area contributed by atoms with Crippen molar-refractivity contribution in [3.8, 4) is 0 Å². The summed E-state index contributed by atoms with van der Waals surface area (Å²) >= 11 is 0. The van der Waals surface area contributed by atoms with Crippen LogP contribution in [-0.2, 0) is 0 Å². The van der Waals surface area contributed by atoms with Gasteiger partial charge in [0.05, 0.1) is 13.1 Å². The number of alkyl halides is 7. The Hall–Kier alpha value is -0.570. The minimum absolute atomic E-state index is 0.237. The van der Waals surface area contributed by atoms with E-state index in [-0.39, 0.29) is 13.1 Å². The van der Waals surface area contributed by atoms with Gasteiger partial charge in [-0.2, -0.15) is 22.0 Å². The smallest absolute Gasteiger partial charge is 0.310 e. The highest BCUT2D eigenvalue weighted by atomic mass is 19.4. The molecule has 0 aromatic rings. The minimum atomic E-state index is -4.38. The van der Waals surface area contributed by atoms with Crippen molar-refractivity contribution < 1.29 is 30.7 Å². The molecule has 0 aliphatic carbocycles. The molecule has 0 unspecified atom stereocenters. The zero-order valence-corrected chi connectivity index (χ0v) is 8.05. The highest BCUT2D eigenvalue weighted by Crippen LogP contribution is 2.21. The van der Waals surface area contributed by atoms with Crippen molar-refractivity contribution in [1.29, 1.82) is 0 Å². The molecule has 0 radical (unpaired) electrons. The van der Waals surface area contributed by atoms with Gasteiger partial charge in [0.15, 0.2) is 0 Å². The van der Waals surface area contributed by atoms with E-state index in [9.17, 15) is 30.7 Å². The summed E-state index contributed by atoms with van der Waals surface area (Å²) < 4.78 is 82.3. The van der Waals surface area contributed by atoms with Crippen LogP contribution in [0.1, 0.15) is 0 Å². The Bertz CT molecular complexity index is 192. The Morgan fingerprint density at radius 3 is 1.62 bits per heavy atom. The van der Waals surface area contributed by atoms with Crippen LogP contribution in [0.3, 0.4) is 0 Å². The van der Waals surface area contributed by atoms with E-state index in [4.69, 9.17) is 0 Å². The summed E-state index contributed by atoms with van der Waals surface area (Å²) in [7, 11) is 0. The standard InChI is InChI=1S/C7H11F7N2/c8-5(9)6(10,11)3-15-1-2-16-4-7(12,13)14/h5,15-16H,1-4H2. The highest BCUT2D eigenvalue weighted by molar-refractivity contribution is 4.72. The van der Waals surface area contributed by atoms with Gasteiger partial charge < -0.3 is 10.6 Å². The maximum Gasteiger partial charge on any atom is 0.401 e. The third kappa shape index (κ3) is 7.69. The second-order valence-electron chi connectivity index (χ2n) is 3.03. The summed E-state index contributed by atoms with van der Waals surface area (Å²) in [5.74, 6) is -4.16. The Morgan fingerprint density at radius 1 is 0.812 bits per heavy atom. The maximum atomic E-state index is 12.2. The highest BCUT2D eigenvalue weighted by Gasteiger charge is 2.39. The van der Waals surface area contributed by atoms with Gasteiger partial charge >= 0.3 is 18.5 Å². The number of nitrogens with one attached hydrogen (secondary N) is 2. The van der Waals surface area contributed by atoms with Gasteiger partial charge in [0.25, 0.3) is 0 Å². The van der Waals surface area contributed by atoms with Gasteiger partial charge in [-0.15, -0.1) is 0 Å². The zero-order valence-electron chi connectivity index (χ0n) is 8.05. The lowest BCUT2D eigenvalue weighted by Gasteiger charge is -2.16. The van der Waals surface area contributed by atoms with Gasteiger partial charge in [0, 0.05) is 13.1 Å². The predicted octanol–water partition coefficient (Wildman–Crippen LogP) is 1.63. The molecule has 0 heterocycles. The SMILES string of the molecule is FC(F)C(F)(F)CNCCNCC(F)(F)F. The average molecular weight is 256 g/mol. The van der Waals surface area contributed by atoms with Crippen LogP contribution in [-0.4, -0.2) is 44.7 Å². The van der Waals surface area contributed by atoms with Crippen molar-refractivity contribution >= 4 is 0 Å². The van der Waals surface area contributed by atoms with E-state index in [2.05, 4.69) is 0 Å². The Balaban J connectivity index is 3.48. The molecule has 9 heteroatoms. The van der Waals surface area contributed by atoms with E-state index < -0.39 is 31.6 Å². The van der Waals surface area contributed by atoms with Gasteiger partial charge in [-0.25, -0.2) is 8.78 Å². The molecule has 0 bridgehead atoms. The molecule has 0 aliphatic heterocycles. The van der Waals surface area contributed by atoms with Crippen molar-refractivity contribution in [2.24, 2.45) is 0 Å². The maximum absolute atomic E-state index is 12.2. The van der Waals surface area contributed by atoms with Crippen LogP contribution >= 0.6 is 0 Å². The van der Waals surface area contributed by atoms with E-state index in [1.165, 1.54) is 0 Å². The van der Waals surface area contributed by atoms with Gasteiger partial charge in [-0.3, -0.25) is 0 Å². The first-order chi connectivity index (χ1) is 7.15. The van der Waals surface area contributed by atoms with Gasteiger partial charge in [0.1, 0.15) is 0 Å².